The Balaban J connectivity index is 1.40. The predicted molar refractivity (Wildman–Crippen MR) is 149 cm³/mol. The van der Waals surface area contributed by atoms with E-state index in [2.05, 4.69) is 0 Å². The van der Waals surface area contributed by atoms with Crippen LogP contribution in [0.25, 0.3) is 22.3 Å². The number of fused-ring (bicyclic) bond motifs is 2. The summed E-state index contributed by atoms with van der Waals surface area (Å²) in [7, 11) is 0. The highest BCUT2D eigenvalue weighted by Gasteiger charge is 2.50. The molecule has 0 amide bonds. The summed E-state index contributed by atoms with van der Waals surface area (Å²) in [5, 5.41) is 0. The minimum atomic E-state index is -5.71. The molecule has 4 atom stereocenters. The molecular formula is C35H21F13. The largest absolute Gasteiger partial charge is 0.422 e. The second-order valence-electron chi connectivity index (χ2n) is 12.4. The van der Waals surface area contributed by atoms with E-state index in [-0.39, 0.29) is 41.9 Å². The van der Waals surface area contributed by atoms with Crippen molar-refractivity contribution in [2.24, 2.45) is 17.8 Å². The van der Waals surface area contributed by atoms with Crippen molar-refractivity contribution in [2.75, 3.05) is 0 Å². The number of allylic oxidation sites excluding steroid dienone is 6. The molecule has 0 radical (unpaired) electrons. The van der Waals surface area contributed by atoms with Gasteiger partial charge < -0.3 is 0 Å². The average Bonchev–Trinajstić information content (AvgIpc) is 3.01. The summed E-state index contributed by atoms with van der Waals surface area (Å²) in [5.41, 5.74) is -5.71. The summed E-state index contributed by atoms with van der Waals surface area (Å²) in [6.45, 7) is 0.943. The molecule has 0 nitrogen and oxygen atoms in total. The zero-order chi connectivity index (χ0) is 34.8. The van der Waals surface area contributed by atoms with Crippen LogP contribution in [0.15, 0.2) is 36.4 Å². The van der Waals surface area contributed by atoms with Crippen LogP contribution in [0, 0.1) is 65.4 Å². The van der Waals surface area contributed by atoms with Gasteiger partial charge in [-0.05, 0) is 89.3 Å². The summed E-state index contributed by atoms with van der Waals surface area (Å²) in [4.78, 5) is 0. The molecule has 0 N–H and O–H groups in total. The van der Waals surface area contributed by atoms with Crippen LogP contribution >= 0.6 is 0 Å². The number of hydrogen-bond donors (Lipinski definition) is 0. The Labute approximate surface area is 264 Å². The molecule has 48 heavy (non-hydrogen) atoms. The molecular weight excluding hydrogens is 667 g/mol. The lowest BCUT2D eigenvalue weighted by Crippen LogP contribution is -2.39. The van der Waals surface area contributed by atoms with Crippen molar-refractivity contribution >= 4 is 11.1 Å². The van der Waals surface area contributed by atoms with Crippen molar-refractivity contribution in [2.45, 2.75) is 50.9 Å². The number of alkyl halides is 6. The third-order valence-corrected chi connectivity index (χ3v) is 10.2. The van der Waals surface area contributed by atoms with Crippen molar-refractivity contribution in [3.63, 3.8) is 0 Å². The maximum atomic E-state index is 15.4. The van der Waals surface area contributed by atoms with Gasteiger partial charge in [0.1, 0.15) is 16.9 Å². The van der Waals surface area contributed by atoms with Crippen LogP contribution in [0.4, 0.5) is 57.1 Å². The van der Waals surface area contributed by atoms with Crippen LogP contribution in [-0.4, -0.2) is 0 Å². The van der Waals surface area contributed by atoms with Crippen molar-refractivity contribution in [3.8, 4) is 11.1 Å². The van der Waals surface area contributed by atoms with Gasteiger partial charge in [0.2, 0.25) is 0 Å². The van der Waals surface area contributed by atoms with Gasteiger partial charge in [-0.25, -0.2) is 30.7 Å². The molecule has 4 aliphatic rings. The van der Waals surface area contributed by atoms with E-state index in [1.807, 2.05) is 6.08 Å². The first-order valence-electron chi connectivity index (χ1n) is 14.9. The van der Waals surface area contributed by atoms with Gasteiger partial charge in [-0.2, -0.15) is 26.3 Å². The van der Waals surface area contributed by atoms with E-state index in [9.17, 15) is 39.5 Å². The molecule has 7 rings (SSSR count). The van der Waals surface area contributed by atoms with E-state index >= 15 is 17.6 Å². The standard InChI is InChI=1S/C35H21F13/c1-12-21(28(37)31(40)25(27(12)36)34(43,44)45)17-8-9-18-19-10-11-20(24-29(38)32(41)26(35(46,47)48)33(42)30(24)39)16-7-3-5-14(23(16)19)13-4-2-6-15(17)22(13)18/h2,5-6,8,10-11,13,15,18,22H,3-4,7,9H2,1H3. The minimum Gasteiger partial charge on any atom is -0.206 e. The molecule has 0 saturated carbocycles. The fourth-order valence-corrected chi connectivity index (χ4v) is 8.34. The molecule has 4 unspecified atom stereocenters. The van der Waals surface area contributed by atoms with E-state index in [4.69, 9.17) is 0 Å². The van der Waals surface area contributed by atoms with Crippen molar-refractivity contribution in [1.29, 1.82) is 0 Å². The zero-order valence-electron chi connectivity index (χ0n) is 24.5. The Kier molecular flexibility index (Phi) is 7.27. The van der Waals surface area contributed by atoms with Gasteiger partial charge in [0.05, 0.1) is 5.56 Å². The number of benzene rings is 3. The Morgan fingerprint density at radius 2 is 1.19 bits per heavy atom. The first-order valence-corrected chi connectivity index (χ1v) is 14.9. The SMILES string of the molecule is Cc1c(F)c(C(F)(F)F)c(F)c(F)c1C1=CCC2c3ccc(-c4c(F)c(F)c(C(F)(F)F)c(F)c4F)c4c3C(=CCC4)C3CC=CC1C32. The average molecular weight is 689 g/mol. The molecule has 0 aromatic heterocycles. The fourth-order valence-electron chi connectivity index (χ4n) is 8.34. The summed E-state index contributed by atoms with van der Waals surface area (Å²) < 4.78 is 185. The predicted octanol–water partition coefficient (Wildman–Crippen LogP) is 11.4. The first-order chi connectivity index (χ1) is 22.5. The van der Waals surface area contributed by atoms with Gasteiger partial charge in [-0.3, -0.25) is 0 Å². The van der Waals surface area contributed by atoms with Crippen LogP contribution in [0.5, 0.6) is 0 Å². The maximum Gasteiger partial charge on any atom is 0.422 e. The van der Waals surface area contributed by atoms with Crippen LogP contribution in [0.3, 0.4) is 0 Å². The third-order valence-electron chi connectivity index (χ3n) is 10.2. The van der Waals surface area contributed by atoms with Crippen LogP contribution in [-0.2, 0) is 18.8 Å². The van der Waals surface area contributed by atoms with Gasteiger partial charge in [0.15, 0.2) is 34.9 Å². The zero-order valence-corrected chi connectivity index (χ0v) is 24.5. The highest BCUT2D eigenvalue weighted by Crippen LogP contribution is 2.61. The van der Waals surface area contributed by atoms with Crippen molar-refractivity contribution < 1.29 is 57.1 Å². The molecule has 0 spiro atoms. The van der Waals surface area contributed by atoms with Crippen molar-refractivity contribution in [3.05, 3.63) is 116 Å². The van der Waals surface area contributed by atoms with E-state index in [1.54, 1.807) is 12.2 Å². The molecule has 0 saturated heterocycles. The number of halogens is 13. The third kappa shape index (κ3) is 4.44. The van der Waals surface area contributed by atoms with E-state index in [1.165, 1.54) is 18.2 Å². The molecule has 0 bridgehead atoms. The van der Waals surface area contributed by atoms with Crippen LogP contribution in [0.2, 0.25) is 0 Å². The van der Waals surface area contributed by atoms with Gasteiger partial charge in [-0.1, -0.05) is 36.4 Å². The van der Waals surface area contributed by atoms with E-state index < -0.39 is 98.6 Å². The van der Waals surface area contributed by atoms with Gasteiger partial charge in [0, 0.05) is 11.5 Å². The van der Waals surface area contributed by atoms with E-state index in [0.717, 1.165) is 6.92 Å². The molecule has 252 valence electrons. The van der Waals surface area contributed by atoms with Gasteiger partial charge in [0.25, 0.3) is 0 Å². The molecule has 0 heterocycles. The molecule has 4 aliphatic carbocycles. The van der Waals surface area contributed by atoms with Gasteiger partial charge in [-0.15, -0.1) is 0 Å². The Hall–Kier alpha value is -4.03. The Morgan fingerprint density at radius 3 is 1.79 bits per heavy atom. The highest BCUT2D eigenvalue weighted by molar-refractivity contribution is 5.86. The lowest BCUT2D eigenvalue weighted by molar-refractivity contribution is -0.143. The summed E-state index contributed by atoms with van der Waals surface area (Å²) >= 11 is 0. The lowest BCUT2D eigenvalue weighted by Gasteiger charge is -2.50. The van der Waals surface area contributed by atoms with Crippen LogP contribution in [0.1, 0.15) is 64.1 Å². The van der Waals surface area contributed by atoms with Crippen LogP contribution < -0.4 is 0 Å². The highest BCUT2D eigenvalue weighted by atomic mass is 19.4. The second kappa shape index (κ2) is 10.7. The molecule has 13 heteroatoms. The maximum absolute atomic E-state index is 15.4. The number of hydrogen-bond acceptors (Lipinski definition) is 0. The quantitative estimate of drug-likeness (QED) is 0.143. The van der Waals surface area contributed by atoms with E-state index in [0.29, 0.717) is 23.1 Å². The summed E-state index contributed by atoms with van der Waals surface area (Å²) in [6.07, 6.45) is -3.49. The Bertz CT molecular complexity index is 1950. The normalized spacial score (nSPS) is 23.0. The molecule has 3 aromatic carbocycles. The number of rotatable bonds is 2. The summed E-state index contributed by atoms with van der Waals surface area (Å²) in [5.74, 6) is -17.5. The molecule has 0 aliphatic heterocycles. The molecule has 3 aromatic rings. The molecule has 0 fully saturated rings. The topological polar surface area (TPSA) is 0 Å². The Morgan fingerprint density at radius 1 is 0.604 bits per heavy atom. The minimum absolute atomic E-state index is 0.107. The smallest absolute Gasteiger partial charge is 0.206 e. The monoisotopic (exact) mass is 688 g/mol. The second-order valence-corrected chi connectivity index (χ2v) is 12.4. The lowest BCUT2D eigenvalue weighted by atomic mass is 9.53. The van der Waals surface area contributed by atoms with Gasteiger partial charge >= 0.3 is 12.4 Å². The fraction of sp³-hybridized carbons (Fsp3) is 0.314. The summed E-state index contributed by atoms with van der Waals surface area (Å²) in [6, 6.07) is 2.64. The van der Waals surface area contributed by atoms with Crippen molar-refractivity contribution in [1.82, 2.24) is 0 Å². The first kappa shape index (κ1) is 32.5.